The molecule has 0 aliphatic carbocycles. The van der Waals surface area contributed by atoms with E-state index in [9.17, 15) is 9.36 Å². The van der Waals surface area contributed by atoms with Gasteiger partial charge in [-0.15, -0.1) is 0 Å². The summed E-state index contributed by atoms with van der Waals surface area (Å²) in [6, 6.07) is 16.7. The molecule has 1 atom stereocenters. The molecule has 6 nitrogen and oxygen atoms in total. The summed E-state index contributed by atoms with van der Waals surface area (Å²) >= 11 is 0. The monoisotopic (exact) mass is 391 g/mol. The lowest BCUT2D eigenvalue weighted by Crippen LogP contribution is -2.30. The van der Waals surface area contributed by atoms with Crippen molar-refractivity contribution in [1.82, 2.24) is 5.32 Å². The van der Waals surface area contributed by atoms with Crippen molar-refractivity contribution in [3.63, 3.8) is 0 Å². The first-order valence-electron chi connectivity index (χ1n) is 8.91. The van der Waals surface area contributed by atoms with E-state index in [-0.39, 0.29) is 19.8 Å². The summed E-state index contributed by atoms with van der Waals surface area (Å²) in [5.41, 5.74) is 2.53. The maximum absolute atomic E-state index is 13.3. The van der Waals surface area contributed by atoms with Gasteiger partial charge in [0.1, 0.15) is 6.61 Å². The lowest BCUT2D eigenvalue weighted by molar-refractivity contribution is 0.134. The molecule has 27 heavy (non-hydrogen) atoms. The Labute approximate surface area is 160 Å². The van der Waals surface area contributed by atoms with Crippen molar-refractivity contribution in [2.24, 2.45) is 0 Å². The van der Waals surface area contributed by atoms with Crippen LogP contribution in [0.5, 0.6) is 0 Å². The highest BCUT2D eigenvalue weighted by Gasteiger charge is 2.38. The minimum Gasteiger partial charge on any atom is -0.445 e. The molecule has 146 valence electrons. The molecule has 0 spiro atoms. The predicted octanol–water partition coefficient (Wildman–Crippen LogP) is 5.19. The number of hydrogen-bond donors (Lipinski definition) is 1. The van der Waals surface area contributed by atoms with Crippen LogP contribution in [0.1, 0.15) is 36.3 Å². The molecule has 0 fully saturated rings. The topological polar surface area (TPSA) is 73.9 Å². The molecule has 1 unspecified atom stereocenters. The van der Waals surface area contributed by atoms with Crippen LogP contribution in [-0.2, 0) is 25.0 Å². The van der Waals surface area contributed by atoms with E-state index in [0.717, 1.165) is 11.1 Å². The van der Waals surface area contributed by atoms with Crippen molar-refractivity contribution < 1.29 is 23.1 Å². The van der Waals surface area contributed by atoms with E-state index in [4.69, 9.17) is 13.8 Å². The molecule has 1 amide bonds. The van der Waals surface area contributed by atoms with Crippen molar-refractivity contribution in [2.45, 2.75) is 33.2 Å². The SMILES string of the molecule is CCOP(=O)(OCC)C(NC(=O)OCc1ccccc1)c1ccc(C)cc1. The molecule has 0 saturated carbocycles. The van der Waals surface area contributed by atoms with Gasteiger partial charge in [-0.25, -0.2) is 4.79 Å². The van der Waals surface area contributed by atoms with Gasteiger partial charge in [-0.3, -0.25) is 4.57 Å². The summed E-state index contributed by atoms with van der Waals surface area (Å²) in [7, 11) is -3.63. The van der Waals surface area contributed by atoms with E-state index < -0.39 is 19.5 Å². The summed E-state index contributed by atoms with van der Waals surface area (Å²) in [5.74, 6) is -0.957. The fraction of sp³-hybridized carbons (Fsp3) is 0.350. The third-order valence-corrected chi connectivity index (χ3v) is 6.09. The van der Waals surface area contributed by atoms with E-state index in [2.05, 4.69) is 5.32 Å². The van der Waals surface area contributed by atoms with Gasteiger partial charge in [0.2, 0.25) is 0 Å². The number of carbonyl (C=O) groups is 1. The van der Waals surface area contributed by atoms with Crippen LogP contribution < -0.4 is 5.32 Å². The Morgan fingerprint density at radius 3 is 2.15 bits per heavy atom. The number of aryl methyl sites for hydroxylation is 1. The third kappa shape index (κ3) is 6.21. The molecule has 7 heteroatoms. The zero-order valence-corrected chi connectivity index (χ0v) is 16.8. The number of carbonyl (C=O) groups excluding carboxylic acids is 1. The van der Waals surface area contributed by atoms with E-state index in [1.807, 2.05) is 49.4 Å². The van der Waals surface area contributed by atoms with Crippen LogP contribution in [0.15, 0.2) is 54.6 Å². The summed E-state index contributed by atoms with van der Waals surface area (Å²) in [4.78, 5) is 12.4. The first kappa shape index (κ1) is 21.2. The molecule has 0 aliphatic rings. The van der Waals surface area contributed by atoms with Crippen LogP contribution in [0, 0.1) is 6.92 Å². The first-order chi connectivity index (χ1) is 13.0. The van der Waals surface area contributed by atoms with Crippen LogP contribution in [0.2, 0.25) is 0 Å². The molecule has 2 rings (SSSR count). The van der Waals surface area contributed by atoms with Crippen molar-refractivity contribution in [1.29, 1.82) is 0 Å². The number of amides is 1. The number of benzene rings is 2. The first-order valence-corrected chi connectivity index (χ1v) is 10.5. The molecular formula is C20H26NO5P. The fourth-order valence-corrected chi connectivity index (χ4v) is 4.41. The molecule has 0 saturated heterocycles. The van der Waals surface area contributed by atoms with Gasteiger partial charge in [0, 0.05) is 0 Å². The van der Waals surface area contributed by atoms with Gasteiger partial charge in [-0.1, -0.05) is 60.2 Å². The molecule has 0 bridgehead atoms. The lowest BCUT2D eigenvalue weighted by atomic mass is 10.1. The predicted molar refractivity (Wildman–Crippen MR) is 105 cm³/mol. The molecule has 0 aromatic heterocycles. The minimum absolute atomic E-state index is 0.112. The van der Waals surface area contributed by atoms with Gasteiger partial charge in [-0.05, 0) is 31.9 Å². The van der Waals surface area contributed by atoms with Crippen LogP contribution in [-0.4, -0.2) is 19.3 Å². The highest BCUT2D eigenvalue weighted by atomic mass is 31.2. The van der Waals surface area contributed by atoms with E-state index in [0.29, 0.717) is 5.56 Å². The maximum Gasteiger partial charge on any atom is 0.408 e. The van der Waals surface area contributed by atoms with Gasteiger partial charge >= 0.3 is 13.7 Å². The van der Waals surface area contributed by atoms with Crippen molar-refractivity contribution >= 4 is 13.7 Å². The number of ether oxygens (including phenoxy) is 1. The smallest absolute Gasteiger partial charge is 0.408 e. The minimum atomic E-state index is -3.63. The zero-order valence-electron chi connectivity index (χ0n) is 15.9. The Balaban J connectivity index is 2.19. The molecule has 2 aromatic rings. The van der Waals surface area contributed by atoms with Crippen LogP contribution in [0.4, 0.5) is 4.79 Å². The van der Waals surface area contributed by atoms with Crippen molar-refractivity contribution in [3.8, 4) is 0 Å². The summed E-state index contributed by atoms with van der Waals surface area (Å²) < 4.78 is 29.5. The summed E-state index contributed by atoms with van der Waals surface area (Å²) in [5, 5.41) is 2.66. The molecular weight excluding hydrogens is 365 g/mol. The van der Waals surface area contributed by atoms with Crippen molar-refractivity contribution in [2.75, 3.05) is 13.2 Å². The molecule has 2 aromatic carbocycles. The average Bonchev–Trinajstić information content (AvgIpc) is 2.66. The second kappa shape index (κ2) is 10.3. The van der Waals surface area contributed by atoms with Gasteiger partial charge in [0.05, 0.1) is 13.2 Å². The number of rotatable bonds is 9. The second-order valence-corrected chi connectivity index (χ2v) is 8.01. The Morgan fingerprint density at radius 2 is 1.59 bits per heavy atom. The third-order valence-electron chi connectivity index (χ3n) is 3.79. The molecule has 1 N–H and O–H groups in total. The van der Waals surface area contributed by atoms with E-state index in [1.165, 1.54) is 0 Å². The second-order valence-electron chi connectivity index (χ2n) is 5.89. The Morgan fingerprint density at radius 1 is 1.00 bits per heavy atom. The van der Waals surface area contributed by atoms with Gasteiger partial charge in [0.25, 0.3) is 0 Å². The number of nitrogens with one attached hydrogen (secondary N) is 1. The van der Waals surface area contributed by atoms with E-state index in [1.54, 1.807) is 26.0 Å². The molecule has 0 radical (unpaired) electrons. The number of hydrogen-bond acceptors (Lipinski definition) is 5. The summed E-state index contributed by atoms with van der Waals surface area (Å²) in [6.45, 7) is 5.91. The highest BCUT2D eigenvalue weighted by molar-refractivity contribution is 7.54. The Bertz CT molecular complexity index is 754. The van der Waals surface area contributed by atoms with Crippen LogP contribution in [0.3, 0.4) is 0 Å². The fourth-order valence-electron chi connectivity index (χ4n) is 2.52. The van der Waals surface area contributed by atoms with Gasteiger partial charge < -0.3 is 19.1 Å². The van der Waals surface area contributed by atoms with Crippen LogP contribution >= 0.6 is 7.60 Å². The zero-order chi connectivity index (χ0) is 19.7. The standard InChI is InChI=1S/C20H26NO5P/c1-4-25-27(23,26-5-2)19(18-13-11-16(3)12-14-18)21-20(22)24-15-17-9-7-6-8-10-17/h6-14,19H,4-5,15H2,1-3H3,(H,21,22). The summed E-state index contributed by atoms with van der Waals surface area (Å²) in [6.07, 6.45) is -0.691. The van der Waals surface area contributed by atoms with Crippen molar-refractivity contribution in [3.05, 3.63) is 71.3 Å². The Hall–Kier alpha value is -2.14. The highest BCUT2D eigenvalue weighted by Crippen LogP contribution is 2.59. The normalized spacial score (nSPS) is 12.4. The van der Waals surface area contributed by atoms with Gasteiger partial charge in [0.15, 0.2) is 5.78 Å². The van der Waals surface area contributed by atoms with Crippen LogP contribution in [0.25, 0.3) is 0 Å². The largest absolute Gasteiger partial charge is 0.445 e. The lowest BCUT2D eigenvalue weighted by Gasteiger charge is -2.27. The van der Waals surface area contributed by atoms with E-state index >= 15 is 0 Å². The molecule has 0 aliphatic heterocycles. The maximum atomic E-state index is 13.3. The number of alkyl carbamates (subject to hydrolysis) is 1. The average molecular weight is 391 g/mol. The quantitative estimate of drug-likeness (QED) is 0.596. The Kier molecular flexibility index (Phi) is 8.04. The van der Waals surface area contributed by atoms with Gasteiger partial charge in [-0.2, -0.15) is 0 Å². The molecule has 0 heterocycles.